The van der Waals surface area contributed by atoms with E-state index in [-0.39, 0.29) is 12.3 Å². The van der Waals surface area contributed by atoms with Crippen LogP contribution in [-0.2, 0) is 22.4 Å². The predicted molar refractivity (Wildman–Crippen MR) is 86.7 cm³/mol. The van der Waals surface area contributed by atoms with Gasteiger partial charge < -0.3 is 5.73 Å². The van der Waals surface area contributed by atoms with Gasteiger partial charge in [0.25, 0.3) is 0 Å². The quantitative estimate of drug-likeness (QED) is 0.732. The van der Waals surface area contributed by atoms with Crippen molar-refractivity contribution in [1.29, 1.82) is 0 Å². The Labute approximate surface area is 154 Å². The number of pyridine rings is 1. The average molecular weight is 427 g/mol. The number of amides is 1. The van der Waals surface area contributed by atoms with Crippen LogP contribution in [0.25, 0.3) is 11.1 Å². The first-order valence-corrected chi connectivity index (χ1v) is 9.06. The molecular formula is C15H11F6N3O3S. The van der Waals surface area contributed by atoms with Crippen molar-refractivity contribution >= 4 is 21.7 Å². The molecule has 0 unspecified atom stereocenters. The van der Waals surface area contributed by atoms with Gasteiger partial charge in [-0.05, 0) is 18.2 Å². The molecule has 1 amide bonds. The summed E-state index contributed by atoms with van der Waals surface area (Å²) >= 11 is 0. The lowest BCUT2D eigenvalue weighted by Gasteiger charge is -2.19. The second-order valence-electron chi connectivity index (χ2n) is 5.58. The highest BCUT2D eigenvalue weighted by molar-refractivity contribution is 7.92. The molecule has 0 spiro atoms. The summed E-state index contributed by atoms with van der Waals surface area (Å²) in [7, 11) is -4.13. The lowest BCUT2D eigenvalue weighted by molar-refractivity contribution is -0.138. The van der Waals surface area contributed by atoms with Crippen molar-refractivity contribution in [2.24, 2.45) is 5.73 Å². The van der Waals surface area contributed by atoms with E-state index in [1.807, 2.05) is 0 Å². The summed E-state index contributed by atoms with van der Waals surface area (Å²) in [4.78, 5) is 14.9. The second kappa shape index (κ2) is 6.96. The monoisotopic (exact) mass is 427 g/mol. The number of halogens is 6. The molecule has 3 N–H and O–H groups in total. The van der Waals surface area contributed by atoms with Gasteiger partial charge in [-0.3, -0.25) is 9.52 Å². The van der Waals surface area contributed by atoms with Crippen LogP contribution in [0.5, 0.6) is 0 Å². The maximum absolute atomic E-state index is 13.4. The van der Waals surface area contributed by atoms with Gasteiger partial charge >= 0.3 is 12.4 Å². The number of nitrogens with two attached hydrogens (primary N) is 1. The van der Waals surface area contributed by atoms with Crippen molar-refractivity contribution in [2.75, 3.05) is 11.0 Å². The zero-order valence-electron chi connectivity index (χ0n) is 13.8. The van der Waals surface area contributed by atoms with E-state index in [2.05, 4.69) is 4.98 Å². The Morgan fingerprint density at radius 2 is 1.71 bits per heavy atom. The summed E-state index contributed by atoms with van der Waals surface area (Å²) in [6.07, 6.45) is -9.21. The Hall–Kier alpha value is -2.83. The molecule has 1 aromatic heterocycles. The molecule has 1 aromatic carbocycles. The zero-order valence-corrected chi connectivity index (χ0v) is 14.6. The molecule has 2 aromatic rings. The minimum Gasteiger partial charge on any atom is -0.366 e. The van der Waals surface area contributed by atoms with Crippen LogP contribution < -0.4 is 10.5 Å². The fraction of sp³-hybridized carbons (Fsp3) is 0.200. The molecule has 1 heterocycles. The summed E-state index contributed by atoms with van der Waals surface area (Å²) in [5.41, 5.74) is -0.536. The first-order valence-electron chi connectivity index (χ1n) is 7.16. The van der Waals surface area contributed by atoms with Gasteiger partial charge in [-0.2, -0.15) is 26.3 Å². The molecule has 0 aliphatic rings. The lowest BCUT2D eigenvalue weighted by Crippen LogP contribution is -2.19. The van der Waals surface area contributed by atoms with Crippen LogP contribution in [0.2, 0.25) is 0 Å². The van der Waals surface area contributed by atoms with Gasteiger partial charge in [0.1, 0.15) is 5.82 Å². The van der Waals surface area contributed by atoms with E-state index in [0.29, 0.717) is 12.3 Å². The van der Waals surface area contributed by atoms with E-state index in [0.717, 1.165) is 12.1 Å². The first-order chi connectivity index (χ1) is 12.6. The fourth-order valence-corrected chi connectivity index (χ4v) is 2.87. The number of carbonyl (C=O) groups is 1. The summed E-state index contributed by atoms with van der Waals surface area (Å²) in [6.45, 7) is 0. The molecule has 28 heavy (non-hydrogen) atoms. The highest BCUT2D eigenvalue weighted by atomic mass is 32.2. The van der Waals surface area contributed by atoms with Crippen LogP contribution in [0.3, 0.4) is 0 Å². The van der Waals surface area contributed by atoms with Crippen molar-refractivity contribution in [3.63, 3.8) is 0 Å². The van der Waals surface area contributed by atoms with Crippen molar-refractivity contribution in [1.82, 2.24) is 4.98 Å². The zero-order chi connectivity index (χ0) is 21.5. The lowest BCUT2D eigenvalue weighted by atomic mass is 9.93. The Bertz CT molecular complexity index is 1030. The van der Waals surface area contributed by atoms with Crippen LogP contribution in [0.1, 0.15) is 21.5 Å². The highest BCUT2D eigenvalue weighted by Crippen LogP contribution is 2.43. The number of primary amides is 1. The third-order valence-corrected chi connectivity index (χ3v) is 3.97. The van der Waals surface area contributed by atoms with Gasteiger partial charge in [-0.15, -0.1) is 0 Å². The molecule has 0 saturated carbocycles. The third-order valence-electron chi connectivity index (χ3n) is 3.40. The van der Waals surface area contributed by atoms with Gasteiger partial charge in [-0.25, -0.2) is 13.4 Å². The maximum atomic E-state index is 13.4. The highest BCUT2D eigenvalue weighted by Gasteiger charge is 2.38. The number of anilines is 1. The standard InChI is InChI=1S/C15H11F6N3O3S/c1-28(26,27)24-13-9(5-7(6-23-13)14(16,17)18)11-8(12(22)25)3-2-4-10(11)15(19,20)21/h2-6H,1H3,(H2,22,25)(H,23,24). The summed E-state index contributed by atoms with van der Waals surface area (Å²) in [5.74, 6) is -2.18. The molecule has 0 aliphatic heterocycles. The molecular weight excluding hydrogens is 416 g/mol. The maximum Gasteiger partial charge on any atom is 0.417 e. The Kier molecular flexibility index (Phi) is 5.34. The summed E-state index contributed by atoms with van der Waals surface area (Å²) in [6, 6.07) is 2.50. The number of aromatic nitrogens is 1. The van der Waals surface area contributed by atoms with E-state index in [9.17, 15) is 39.6 Å². The van der Waals surface area contributed by atoms with E-state index >= 15 is 0 Å². The molecule has 0 bridgehead atoms. The van der Waals surface area contributed by atoms with Crippen LogP contribution in [-0.4, -0.2) is 25.6 Å². The molecule has 0 fully saturated rings. The number of rotatable bonds is 4. The van der Waals surface area contributed by atoms with E-state index in [1.165, 1.54) is 0 Å². The number of carbonyl (C=O) groups excluding carboxylic acids is 1. The number of hydrogen-bond donors (Lipinski definition) is 2. The number of alkyl halides is 6. The Balaban J connectivity index is 2.98. The minimum atomic E-state index is -5.09. The molecule has 13 heteroatoms. The second-order valence-corrected chi connectivity index (χ2v) is 7.33. The smallest absolute Gasteiger partial charge is 0.366 e. The number of hydrogen-bond acceptors (Lipinski definition) is 4. The molecule has 152 valence electrons. The summed E-state index contributed by atoms with van der Waals surface area (Å²) < 4.78 is 104. The van der Waals surface area contributed by atoms with Crippen molar-refractivity contribution < 1.29 is 39.6 Å². The van der Waals surface area contributed by atoms with Crippen molar-refractivity contribution in [3.05, 3.63) is 47.2 Å². The van der Waals surface area contributed by atoms with Gasteiger partial charge in [0.15, 0.2) is 0 Å². The average Bonchev–Trinajstić information content (AvgIpc) is 2.51. The van der Waals surface area contributed by atoms with Gasteiger partial charge in [-0.1, -0.05) is 6.07 Å². The van der Waals surface area contributed by atoms with Crippen molar-refractivity contribution in [2.45, 2.75) is 12.4 Å². The van der Waals surface area contributed by atoms with Crippen LogP contribution >= 0.6 is 0 Å². The van der Waals surface area contributed by atoms with Gasteiger partial charge in [0.2, 0.25) is 15.9 Å². The normalized spacial score (nSPS) is 12.7. The van der Waals surface area contributed by atoms with Crippen molar-refractivity contribution in [3.8, 4) is 11.1 Å². The molecule has 0 saturated heterocycles. The third kappa shape index (κ3) is 4.71. The number of benzene rings is 1. The van der Waals surface area contributed by atoms with Crippen LogP contribution in [0.4, 0.5) is 32.2 Å². The Morgan fingerprint density at radius 1 is 1.11 bits per heavy atom. The molecule has 6 nitrogen and oxygen atoms in total. The summed E-state index contributed by atoms with van der Waals surface area (Å²) in [5, 5.41) is 0. The van der Waals surface area contributed by atoms with E-state index < -0.39 is 61.9 Å². The number of nitrogens with one attached hydrogen (secondary N) is 1. The van der Waals surface area contributed by atoms with Crippen LogP contribution in [0, 0.1) is 0 Å². The first kappa shape index (κ1) is 21.5. The van der Waals surface area contributed by atoms with E-state index in [4.69, 9.17) is 5.73 Å². The van der Waals surface area contributed by atoms with Gasteiger partial charge in [0, 0.05) is 22.9 Å². The molecule has 0 aliphatic carbocycles. The molecule has 2 rings (SSSR count). The number of nitrogens with zero attached hydrogens (tertiary/aromatic N) is 1. The largest absolute Gasteiger partial charge is 0.417 e. The Morgan fingerprint density at radius 3 is 2.18 bits per heavy atom. The number of sulfonamides is 1. The fourth-order valence-electron chi connectivity index (χ4n) is 2.35. The van der Waals surface area contributed by atoms with Gasteiger partial charge in [0.05, 0.1) is 17.4 Å². The topological polar surface area (TPSA) is 102 Å². The van der Waals surface area contributed by atoms with Crippen LogP contribution in [0.15, 0.2) is 30.5 Å². The molecule has 0 atom stereocenters. The SMILES string of the molecule is CS(=O)(=O)Nc1ncc(C(F)(F)F)cc1-c1c(C(N)=O)cccc1C(F)(F)F. The minimum absolute atomic E-state index is 0.247. The predicted octanol–water partition coefficient (Wildman–Crippen LogP) is 3.26. The van der Waals surface area contributed by atoms with E-state index in [1.54, 1.807) is 4.72 Å². The molecule has 0 radical (unpaired) electrons.